The van der Waals surface area contributed by atoms with E-state index in [9.17, 15) is 13.2 Å². The van der Waals surface area contributed by atoms with Gasteiger partial charge in [-0.05, 0) is 49.6 Å². The number of pyridine rings is 1. The molecule has 0 unspecified atom stereocenters. The van der Waals surface area contributed by atoms with Gasteiger partial charge in [-0.3, -0.25) is 4.98 Å². The molecule has 0 bridgehead atoms. The van der Waals surface area contributed by atoms with Crippen LogP contribution in [-0.4, -0.2) is 23.1 Å². The lowest BCUT2D eigenvalue weighted by Crippen LogP contribution is -2.30. The van der Waals surface area contributed by atoms with Gasteiger partial charge >= 0.3 is 6.18 Å². The Hall–Kier alpha value is -2.15. The van der Waals surface area contributed by atoms with Crippen LogP contribution in [0.2, 0.25) is 0 Å². The smallest absolute Gasteiger partial charge is 0.370 e. The predicted molar refractivity (Wildman–Crippen MR) is 97.1 cm³/mol. The maximum absolute atomic E-state index is 13.1. The van der Waals surface area contributed by atoms with Crippen LogP contribution in [-0.2, 0) is 6.18 Å². The molecule has 1 saturated heterocycles. The fourth-order valence-corrected chi connectivity index (χ4v) is 3.17. The van der Waals surface area contributed by atoms with Crippen molar-refractivity contribution in [2.45, 2.75) is 25.4 Å². The van der Waals surface area contributed by atoms with E-state index in [2.05, 4.69) is 15.2 Å². The molecule has 25 heavy (non-hydrogen) atoms. The van der Waals surface area contributed by atoms with Crippen molar-refractivity contribution in [2.24, 2.45) is 0 Å². The number of rotatable bonds is 3. The van der Waals surface area contributed by atoms with Crippen LogP contribution in [0.5, 0.6) is 0 Å². The lowest BCUT2D eigenvalue weighted by molar-refractivity contribution is -0.137. The van der Waals surface area contributed by atoms with Crippen LogP contribution in [0.15, 0.2) is 42.7 Å². The van der Waals surface area contributed by atoms with Gasteiger partial charge in [0.25, 0.3) is 0 Å². The van der Waals surface area contributed by atoms with Crippen molar-refractivity contribution in [2.75, 3.05) is 23.3 Å². The van der Waals surface area contributed by atoms with Gasteiger partial charge in [-0.25, -0.2) is 0 Å². The fraction of sp³-hybridized carbons (Fsp3) is 0.333. The minimum atomic E-state index is -4.39. The molecular weight excluding hydrogens is 347 g/mol. The van der Waals surface area contributed by atoms with Crippen LogP contribution >= 0.6 is 12.2 Å². The summed E-state index contributed by atoms with van der Waals surface area (Å²) in [4.78, 5) is 6.42. The molecule has 1 aromatic carbocycles. The van der Waals surface area contributed by atoms with Crippen LogP contribution in [0.4, 0.5) is 24.5 Å². The molecule has 7 heteroatoms. The summed E-state index contributed by atoms with van der Waals surface area (Å²) in [6.45, 7) is 1.67. The first-order chi connectivity index (χ1) is 11.9. The standard InChI is InChI=1S/C18H18F3N3S/c19-18(20,21)14-4-5-16(24-10-2-1-3-11-24)15(12-14)23-17(25)13-6-8-22-9-7-13/h4-9,12H,1-3,10-11H2,(H,23,25). The number of alkyl halides is 3. The average Bonchev–Trinajstić information content (AvgIpc) is 2.62. The molecule has 0 aliphatic carbocycles. The normalized spacial score (nSPS) is 15.1. The minimum absolute atomic E-state index is 0.375. The van der Waals surface area contributed by atoms with Gasteiger partial charge in [-0.2, -0.15) is 13.2 Å². The van der Waals surface area contributed by atoms with Crippen molar-refractivity contribution < 1.29 is 13.2 Å². The number of piperidine rings is 1. The Morgan fingerprint density at radius 2 is 1.72 bits per heavy atom. The predicted octanol–water partition coefficient (Wildman–Crippen LogP) is 4.88. The Morgan fingerprint density at radius 3 is 2.36 bits per heavy atom. The third-order valence-corrected chi connectivity index (χ3v) is 4.55. The molecule has 2 heterocycles. The Bertz CT molecular complexity index is 741. The summed E-state index contributed by atoms with van der Waals surface area (Å²) in [5.74, 6) is 0. The van der Waals surface area contributed by atoms with Crippen LogP contribution in [0.3, 0.4) is 0 Å². The number of benzene rings is 1. The second kappa shape index (κ2) is 7.39. The topological polar surface area (TPSA) is 28.2 Å². The lowest BCUT2D eigenvalue weighted by atomic mass is 10.1. The molecule has 1 N–H and O–H groups in total. The highest BCUT2D eigenvalue weighted by Crippen LogP contribution is 2.36. The molecule has 3 rings (SSSR count). The first kappa shape index (κ1) is 17.7. The van der Waals surface area contributed by atoms with Gasteiger partial charge in [-0.1, -0.05) is 12.2 Å². The number of anilines is 2. The van der Waals surface area contributed by atoms with E-state index in [1.807, 2.05) is 0 Å². The van der Waals surface area contributed by atoms with Crippen LogP contribution in [0.25, 0.3) is 0 Å². The maximum Gasteiger partial charge on any atom is 0.416 e. The number of halogens is 3. The largest absolute Gasteiger partial charge is 0.416 e. The Labute approximate surface area is 149 Å². The summed E-state index contributed by atoms with van der Waals surface area (Å²) in [6.07, 6.45) is 2.02. The molecule has 1 aliphatic heterocycles. The first-order valence-corrected chi connectivity index (χ1v) is 8.53. The van der Waals surface area contributed by atoms with E-state index in [1.54, 1.807) is 24.5 Å². The van der Waals surface area contributed by atoms with E-state index < -0.39 is 11.7 Å². The summed E-state index contributed by atoms with van der Waals surface area (Å²) in [7, 11) is 0. The average molecular weight is 365 g/mol. The van der Waals surface area contributed by atoms with Gasteiger partial charge in [0.1, 0.15) is 4.99 Å². The molecule has 1 aliphatic rings. The van der Waals surface area contributed by atoms with E-state index in [0.29, 0.717) is 16.2 Å². The van der Waals surface area contributed by atoms with Crippen molar-refractivity contribution in [1.29, 1.82) is 0 Å². The summed E-state index contributed by atoms with van der Waals surface area (Å²) in [5, 5.41) is 3.00. The molecular formula is C18H18F3N3S. The zero-order valence-electron chi connectivity index (χ0n) is 13.5. The van der Waals surface area contributed by atoms with Gasteiger partial charge in [-0.15, -0.1) is 0 Å². The van der Waals surface area contributed by atoms with Gasteiger partial charge in [0, 0.05) is 31.0 Å². The minimum Gasteiger partial charge on any atom is -0.370 e. The van der Waals surface area contributed by atoms with Gasteiger partial charge in [0.05, 0.1) is 16.9 Å². The number of nitrogens with zero attached hydrogens (tertiary/aromatic N) is 2. The summed E-state index contributed by atoms with van der Waals surface area (Å²) in [6, 6.07) is 7.25. The SMILES string of the molecule is FC(F)(F)c1ccc(N2CCCCC2)c(NC(=S)c2ccncc2)c1. The Morgan fingerprint density at radius 1 is 1.04 bits per heavy atom. The lowest BCUT2D eigenvalue weighted by Gasteiger charge is -2.31. The molecule has 1 fully saturated rings. The summed E-state index contributed by atoms with van der Waals surface area (Å²) < 4.78 is 39.4. The fourth-order valence-electron chi connectivity index (χ4n) is 2.92. The monoisotopic (exact) mass is 365 g/mol. The van der Waals surface area contributed by atoms with Crippen molar-refractivity contribution >= 4 is 28.6 Å². The van der Waals surface area contributed by atoms with Crippen molar-refractivity contribution in [3.63, 3.8) is 0 Å². The molecule has 0 radical (unpaired) electrons. The van der Waals surface area contributed by atoms with Crippen LogP contribution < -0.4 is 10.2 Å². The number of nitrogens with one attached hydrogen (secondary N) is 1. The van der Waals surface area contributed by atoms with E-state index in [-0.39, 0.29) is 0 Å². The highest BCUT2D eigenvalue weighted by Gasteiger charge is 2.31. The van der Waals surface area contributed by atoms with Crippen LogP contribution in [0.1, 0.15) is 30.4 Å². The first-order valence-electron chi connectivity index (χ1n) is 8.13. The number of thiocarbonyl (C=S) groups is 1. The molecule has 3 nitrogen and oxygen atoms in total. The molecule has 1 aromatic heterocycles. The molecule has 0 spiro atoms. The van der Waals surface area contributed by atoms with E-state index in [4.69, 9.17) is 12.2 Å². The van der Waals surface area contributed by atoms with Gasteiger partial charge < -0.3 is 10.2 Å². The summed E-state index contributed by atoms with van der Waals surface area (Å²) in [5.41, 5.74) is 1.17. The highest BCUT2D eigenvalue weighted by atomic mass is 32.1. The molecule has 132 valence electrons. The van der Waals surface area contributed by atoms with Crippen LogP contribution in [0, 0.1) is 0 Å². The Balaban J connectivity index is 1.94. The molecule has 0 atom stereocenters. The van der Waals surface area contributed by atoms with Crippen molar-refractivity contribution in [1.82, 2.24) is 4.98 Å². The number of hydrogen-bond donors (Lipinski definition) is 1. The third kappa shape index (κ3) is 4.28. The second-order valence-electron chi connectivity index (χ2n) is 5.97. The Kier molecular flexibility index (Phi) is 5.22. The van der Waals surface area contributed by atoms with Crippen molar-refractivity contribution in [3.05, 3.63) is 53.9 Å². The van der Waals surface area contributed by atoms with E-state index in [0.717, 1.165) is 50.2 Å². The third-order valence-electron chi connectivity index (χ3n) is 4.21. The molecule has 0 saturated carbocycles. The molecule has 0 amide bonds. The zero-order chi connectivity index (χ0) is 17.9. The number of hydrogen-bond acceptors (Lipinski definition) is 3. The van der Waals surface area contributed by atoms with E-state index in [1.165, 1.54) is 6.07 Å². The maximum atomic E-state index is 13.1. The second-order valence-corrected chi connectivity index (χ2v) is 6.38. The summed E-state index contributed by atoms with van der Waals surface area (Å²) >= 11 is 5.36. The zero-order valence-corrected chi connectivity index (χ0v) is 14.3. The quantitative estimate of drug-likeness (QED) is 0.785. The number of aromatic nitrogens is 1. The van der Waals surface area contributed by atoms with Crippen molar-refractivity contribution in [3.8, 4) is 0 Å². The van der Waals surface area contributed by atoms with Gasteiger partial charge in [0.15, 0.2) is 0 Å². The molecule has 2 aromatic rings. The highest BCUT2D eigenvalue weighted by molar-refractivity contribution is 7.81. The van der Waals surface area contributed by atoms with Gasteiger partial charge in [0.2, 0.25) is 0 Å². The van der Waals surface area contributed by atoms with E-state index >= 15 is 0 Å².